The normalized spacial score (nSPS) is 17.1. The van der Waals surface area contributed by atoms with Crippen molar-refractivity contribution in [2.75, 3.05) is 54.5 Å². The molecule has 2 aliphatic heterocycles. The van der Waals surface area contributed by atoms with E-state index < -0.39 is 0 Å². The number of amides is 1. The van der Waals surface area contributed by atoms with Gasteiger partial charge >= 0.3 is 0 Å². The van der Waals surface area contributed by atoms with Crippen LogP contribution in [0.4, 0.5) is 11.4 Å². The van der Waals surface area contributed by atoms with Crippen LogP contribution in [0, 0.1) is 6.92 Å². The van der Waals surface area contributed by atoms with Crippen LogP contribution in [0.1, 0.15) is 34.5 Å². The number of thioether (sulfide) groups is 1. The van der Waals surface area contributed by atoms with Crippen molar-refractivity contribution >= 4 is 29.0 Å². The molecule has 2 aromatic carbocycles. The van der Waals surface area contributed by atoms with Crippen molar-refractivity contribution in [2.24, 2.45) is 7.05 Å². The predicted molar refractivity (Wildman–Crippen MR) is 150 cm³/mol. The van der Waals surface area contributed by atoms with Gasteiger partial charge in [-0.2, -0.15) is 16.9 Å². The lowest BCUT2D eigenvalue weighted by molar-refractivity contribution is 0.0939. The summed E-state index contributed by atoms with van der Waals surface area (Å²) in [5, 5.41) is 11.0. The number of rotatable bonds is 7. The van der Waals surface area contributed by atoms with Crippen LogP contribution in [0.2, 0.25) is 0 Å². The van der Waals surface area contributed by atoms with Crippen LogP contribution in [0.5, 0.6) is 0 Å². The Bertz CT molecular complexity index is 1230. The van der Waals surface area contributed by atoms with E-state index >= 15 is 0 Å². The van der Waals surface area contributed by atoms with Crippen molar-refractivity contribution in [2.45, 2.75) is 25.9 Å². The second kappa shape index (κ2) is 10.6. The molecule has 2 N–H and O–H groups in total. The van der Waals surface area contributed by atoms with E-state index in [2.05, 4.69) is 62.8 Å². The molecule has 3 aromatic rings. The number of carbonyl (C=O) groups is 1. The third-order valence-electron chi connectivity index (χ3n) is 7.32. The molecule has 190 valence electrons. The molecule has 36 heavy (non-hydrogen) atoms. The van der Waals surface area contributed by atoms with Gasteiger partial charge in [0.25, 0.3) is 5.91 Å². The molecule has 7 nitrogen and oxygen atoms in total. The van der Waals surface area contributed by atoms with E-state index in [1.165, 1.54) is 5.69 Å². The maximum Gasteiger partial charge on any atom is 0.252 e. The zero-order chi connectivity index (χ0) is 25.2. The number of carbonyl (C=O) groups excluding carboxylic acids is 1. The van der Waals surface area contributed by atoms with E-state index in [-0.39, 0.29) is 11.9 Å². The molecule has 1 atom stereocenters. The molecule has 2 aliphatic rings. The number of likely N-dealkylation sites (N-methyl/N-ethyl adjacent to an activating group) is 1. The summed E-state index contributed by atoms with van der Waals surface area (Å²) >= 11 is 2.01. The number of benzene rings is 2. The van der Waals surface area contributed by atoms with E-state index in [0.29, 0.717) is 6.04 Å². The average Bonchev–Trinajstić information content (AvgIpc) is 3.31. The zero-order valence-corrected chi connectivity index (χ0v) is 22.4. The number of nitrogens with zero attached hydrogens (tertiary/aromatic N) is 4. The first-order valence-electron chi connectivity index (χ1n) is 12.7. The summed E-state index contributed by atoms with van der Waals surface area (Å²) in [6.07, 6.45) is 3.95. The van der Waals surface area contributed by atoms with Gasteiger partial charge in [0.15, 0.2) is 0 Å². The predicted octanol–water partition coefficient (Wildman–Crippen LogP) is 3.85. The quantitative estimate of drug-likeness (QED) is 0.510. The lowest BCUT2D eigenvalue weighted by Gasteiger charge is -2.41. The molecular formula is C28H36N6OS. The molecule has 1 amide bonds. The molecule has 3 heterocycles. The topological polar surface area (TPSA) is 65.4 Å². The van der Waals surface area contributed by atoms with Crippen LogP contribution in [-0.4, -0.2) is 66.5 Å². The molecule has 0 bridgehead atoms. The lowest BCUT2D eigenvalue weighted by Crippen LogP contribution is -2.57. The van der Waals surface area contributed by atoms with E-state index in [1.54, 1.807) is 0 Å². The smallest absolute Gasteiger partial charge is 0.252 e. The minimum absolute atomic E-state index is 0.0322. The maximum atomic E-state index is 13.4. The van der Waals surface area contributed by atoms with Crippen LogP contribution in [0.3, 0.4) is 0 Å². The fourth-order valence-corrected chi connectivity index (χ4v) is 5.81. The molecule has 0 saturated carbocycles. The van der Waals surface area contributed by atoms with Crippen LogP contribution < -0.4 is 20.4 Å². The van der Waals surface area contributed by atoms with Crippen LogP contribution in [-0.2, 0) is 7.05 Å². The Balaban J connectivity index is 1.39. The van der Waals surface area contributed by atoms with Gasteiger partial charge in [-0.1, -0.05) is 6.07 Å². The Kier molecular flexibility index (Phi) is 7.25. The van der Waals surface area contributed by atoms with Gasteiger partial charge in [0.2, 0.25) is 0 Å². The molecule has 2 fully saturated rings. The number of aryl methyl sites for hydroxylation is 2. The largest absolute Gasteiger partial charge is 0.370 e. The highest BCUT2D eigenvalue weighted by molar-refractivity contribution is 7.99. The van der Waals surface area contributed by atoms with Gasteiger partial charge in [0.05, 0.1) is 12.2 Å². The molecule has 0 spiro atoms. The Morgan fingerprint density at radius 2 is 1.83 bits per heavy atom. The first kappa shape index (κ1) is 24.7. The van der Waals surface area contributed by atoms with E-state index in [4.69, 9.17) is 0 Å². The average molecular weight is 505 g/mol. The first-order chi connectivity index (χ1) is 17.4. The van der Waals surface area contributed by atoms with Crippen molar-refractivity contribution in [1.29, 1.82) is 0 Å². The van der Waals surface area contributed by atoms with Crippen molar-refractivity contribution in [1.82, 2.24) is 20.4 Å². The number of nitrogens with one attached hydrogen (secondary N) is 2. The van der Waals surface area contributed by atoms with Gasteiger partial charge in [0, 0.05) is 79.5 Å². The summed E-state index contributed by atoms with van der Waals surface area (Å²) in [5.74, 6) is 2.25. The second-order valence-corrected chi connectivity index (χ2v) is 11.1. The van der Waals surface area contributed by atoms with Crippen molar-refractivity contribution < 1.29 is 4.79 Å². The fourth-order valence-electron chi connectivity index (χ4n) is 4.91. The van der Waals surface area contributed by atoms with Crippen LogP contribution >= 0.6 is 11.8 Å². The van der Waals surface area contributed by atoms with E-state index in [0.717, 1.165) is 71.2 Å². The lowest BCUT2D eigenvalue weighted by atomic mass is 9.99. The number of anilines is 2. The van der Waals surface area contributed by atoms with Gasteiger partial charge in [-0.15, -0.1) is 0 Å². The Morgan fingerprint density at radius 3 is 2.53 bits per heavy atom. The van der Waals surface area contributed by atoms with Gasteiger partial charge < -0.3 is 20.4 Å². The number of aromatic nitrogens is 2. The van der Waals surface area contributed by atoms with Crippen molar-refractivity contribution in [3.8, 4) is 11.1 Å². The summed E-state index contributed by atoms with van der Waals surface area (Å²) in [6.45, 7) is 8.09. The summed E-state index contributed by atoms with van der Waals surface area (Å²) in [5.41, 5.74) is 7.37. The third-order valence-corrected chi connectivity index (χ3v) is 8.27. The molecule has 0 aliphatic carbocycles. The second-order valence-electron chi connectivity index (χ2n) is 9.90. The van der Waals surface area contributed by atoms with Gasteiger partial charge in [-0.05, 0) is 67.9 Å². The number of hydrogen-bond acceptors (Lipinski definition) is 6. The van der Waals surface area contributed by atoms with Gasteiger partial charge in [-0.25, -0.2) is 0 Å². The van der Waals surface area contributed by atoms with E-state index in [9.17, 15) is 4.79 Å². The fraction of sp³-hybridized carbons (Fsp3) is 0.429. The molecule has 2 saturated heterocycles. The Hall–Kier alpha value is -2.97. The van der Waals surface area contributed by atoms with E-state index in [1.807, 2.05) is 55.9 Å². The summed E-state index contributed by atoms with van der Waals surface area (Å²) in [6, 6.07) is 13.3. The standard InChI is InChI=1S/C28H36N6OS/c1-19-5-6-25(34-17-24(18-34)29-3)14-27(19)28(35)31-20(2)21-11-22(23-15-30-32(4)16-23)13-26(12-21)33-7-9-36-10-8-33/h5-6,11-16,20,24,29H,7-10,17-18H2,1-4H3,(H,31,35). The third kappa shape index (κ3) is 5.25. The minimum Gasteiger partial charge on any atom is -0.370 e. The SMILES string of the molecule is CNC1CN(c2ccc(C)c(C(=O)NC(C)c3cc(-c4cnn(C)c4)cc(N4CCSCC4)c3)c2)C1. The van der Waals surface area contributed by atoms with Gasteiger partial charge in [-0.3, -0.25) is 9.48 Å². The Morgan fingerprint density at radius 1 is 1.06 bits per heavy atom. The summed E-state index contributed by atoms with van der Waals surface area (Å²) in [4.78, 5) is 18.2. The molecular weight excluding hydrogens is 468 g/mol. The highest BCUT2D eigenvalue weighted by Crippen LogP contribution is 2.31. The molecule has 0 radical (unpaired) electrons. The van der Waals surface area contributed by atoms with Crippen molar-refractivity contribution in [3.63, 3.8) is 0 Å². The summed E-state index contributed by atoms with van der Waals surface area (Å²) in [7, 11) is 3.94. The molecule has 1 unspecified atom stereocenters. The highest BCUT2D eigenvalue weighted by atomic mass is 32.2. The van der Waals surface area contributed by atoms with Gasteiger partial charge in [0.1, 0.15) is 0 Å². The maximum absolute atomic E-state index is 13.4. The number of hydrogen-bond donors (Lipinski definition) is 2. The zero-order valence-electron chi connectivity index (χ0n) is 21.6. The van der Waals surface area contributed by atoms with Crippen LogP contribution in [0.15, 0.2) is 48.8 Å². The first-order valence-corrected chi connectivity index (χ1v) is 13.9. The summed E-state index contributed by atoms with van der Waals surface area (Å²) < 4.78 is 1.83. The molecule has 1 aromatic heterocycles. The highest BCUT2D eigenvalue weighted by Gasteiger charge is 2.26. The molecule has 5 rings (SSSR count). The van der Waals surface area contributed by atoms with Crippen LogP contribution in [0.25, 0.3) is 11.1 Å². The molecule has 8 heteroatoms. The minimum atomic E-state index is -0.132. The monoisotopic (exact) mass is 504 g/mol. The Labute approximate surface area is 218 Å². The van der Waals surface area contributed by atoms with Crippen molar-refractivity contribution in [3.05, 3.63) is 65.5 Å².